The third-order valence-electron chi connectivity index (χ3n) is 3.61. The Morgan fingerprint density at radius 1 is 1.29 bits per heavy atom. The molecule has 0 unspecified atom stereocenters. The van der Waals surface area contributed by atoms with Crippen LogP contribution in [0.5, 0.6) is 0 Å². The van der Waals surface area contributed by atoms with Gasteiger partial charge in [-0.25, -0.2) is 0 Å². The third kappa shape index (κ3) is 3.32. The molecule has 1 aliphatic carbocycles. The summed E-state index contributed by atoms with van der Waals surface area (Å²) in [5.74, 6) is -0.440. The number of rotatable bonds is 4. The van der Waals surface area contributed by atoms with E-state index in [1.54, 1.807) is 0 Å². The second-order valence-corrected chi connectivity index (χ2v) is 5.74. The van der Waals surface area contributed by atoms with Crippen molar-refractivity contribution in [1.82, 2.24) is 0 Å². The minimum Gasteiger partial charge on any atom is -0.481 e. The Morgan fingerprint density at radius 2 is 1.88 bits per heavy atom. The SMILES string of the molecule is O=C(O)[C@H](CC1CCCC1)c1ccc(Br)cc1. The number of benzene rings is 1. The Labute approximate surface area is 110 Å². The van der Waals surface area contributed by atoms with Gasteiger partial charge in [0.05, 0.1) is 5.92 Å². The van der Waals surface area contributed by atoms with Crippen LogP contribution in [0.15, 0.2) is 28.7 Å². The van der Waals surface area contributed by atoms with Crippen LogP contribution < -0.4 is 0 Å². The molecule has 0 bridgehead atoms. The molecule has 1 aliphatic rings. The summed E-state index contributed by atoms with van der Waals surface area (Å²) in [6.07, 6.45) is 5.70. The lowest BCUT2D eigenvalue weighted by Crippen LogP contribution is -2.15. The lowest BCUT2D eigenvalue weighted by molar-refractivity contribution is -0.139. The Balaban J connectivity index is 2.10. The van der Waals surface area contributed by atoms with Crippen LogP contribution in [-0.2, 0) is 4.79 Å². The van der Waals surface area contributed by atoms with Gasteiger partial charge < -0.3 is 5.11 Å². The van der Waals surface area contributed by atoms with Gasteiger partial charge in [0.15, 0.2) is 0 Å². The van der Waals surface area contributed by atoms with Crippen LogP contribution in [0, 0.1) is 5.92 Å². The quantitative estimate of drug-likeness (QED) is 0.904. The van der Waals surface area contributed by atoms with Crippen molar-refractivity contribution >= 4 is 21.9 Å². The number of aliphatic carboxylic acids is 1. The predicted molar refractivity (Wildman–Crippen MR) is 71.1 cm³/mol. The van der Waals surface area contributed by atoms with E-state index in [1.165, 1.54) is 25.7 Å². The van der Waals surface area contributed by atoms with Gasteiger partial charge in [-0.05, 0) is 30.0 Å². The number of carboxylic acids is 1. The van der Waals surface area contributed by atoms with Crippen molar-refractivity contribution in [3.8, 4) is 0 Å². The summed E-state index contributed by atoms with van der Waals surface area (Å²) in [7, 11) is 0. The largest absolute Gasteiger partial charge is 0.481 e. The van der Waals surface area contributed by atoms with Gasteiger partial charge in [-0.3, -0.25) is 4.79 Å². The van der Waals surface area contributed by atoms with Crippen LogP contribution in [0.2, 0.25) is 0 Å². The van der Waals surface area contributed by atoms with E-state index < -0.39 is 5.97 Å². The smallest absolute Gasteiger partial charge is 0.310 e. The van der Waals surface area contributed by atoms with Crippen molar-refractivity contribution < 1.29 is 9.90 Å². The molecular formula is C14H17BrO2. The lowest BCUT2D eigenvalue weighted by atomic mass is 9.88. The minimum absolute atomic E-state index is 0.341. The van der Waals surface area contributed by atoms with E-state index >= 15 is 0 Å². The second-order valence-electron chi connectivity index (χ2n) is 4.83. The van der Waals surface area contributed by atoms with Gasteiger partial charge in [-0.15, -0.1) is 0 Å². The molecule has 1 fully saturated rings. The summed E-state index contributed by atoms with van der Waals surface area (Å²) >= 11 is 3.37. The van der Waals surface area contributed by atoms with Crippen molar-refractivity contribution in [2.24, 2.45) is 5.92 Å². The summed E-state index contributed by atoms with van der Waals surface area (Å²) in [4.78, 5) is 11.4. The normalized spacial score (nSPS) is 18.2. The summed E-state index contributed by atoms with van der Waals surface area (Å²) in [5.41, 5.74) is 0.924. The monoisotopic (exact) mass is 296 g/mol. The average molecular weight is 297 g/mol. The second kappa shape index (κ2) is 5.67. The zero-order chi connectivity index (χ0) is 12.3. The molecular weight excluding hydrogens is 280 g/mol. The van der Waals surface area contributed by atoms with Crippen molar-refractivity contribution in [2.75, 3.05) is 0 Å². The lowest BCUT2D eigenvalue weighted by Gasteiger charge is -2.17. The highest BCUT2D eigenvalue weighted by molar-refractivity contribution is 9.10. The van der Waals surface area contributed by atoms with Crippen LogP contribution in [0.4, 0.5) is 0 Å². The number of carbonyl (C=O) groups is 1. The van der Waals surface area contributed by atoms with Crippen LogP contribution in [0.1, 0.15) is 43.6 Å². The van der Waals surface area contributed by atoms with Gasteiger partial charge in [0.1, 0.15) is 0 Å². The molecule has 0 aromatic heterocycles. The van der Waals surface area contributed by atoms with Crippen LogP contribution in [0.3, 0.4) is 0 Å². The first-order valence-electron chi connectivity index (χ1n) is 6.15. The Morgan fingerprint density at radius 3 is 2.41 bits per heavy atom. The Hall–Kier alpha value is -0.830. The standard InChI is InChI=1S/C14H17BrO2/c15-12-7-5-11(6-8-12)13(14(16)17)9-10-3-1-2-4-10/h5-8,10,13H,1-4,9H2,(H,16,17)/t13-/m1/s1. The number of hydrogen-bond donors (Lipinski definition) is 1. The topological polar surface area (TPSA) is 37.3 Å². The number of hydrogen-bond acceptors (Lipinski definition) is 1. The molecule has 1 atom stereocenters. The molecule has 1 aromatic carbocycles. The summed E-state index contributed by atoms with van der Waals surface area (Å²) < 4.78 is 0.992. The van der Waals surface area contributed by atoms with E-state index in [-0.39, 0.29) is 5.92 Å². The molecule has 2 rings (SSSR count). The number of halogens is 1. The van der Waals surface area contributed by atoms with Gasteiger partial charge >= 0.3 is 5.97 Å². The van der Waals surface area contributed by atoms with Crippen LogP contribution in [0.25, 0.3) is 0 Å². The fraction of sp³-hybridized carbons (Fsp3) is 0.500. The molecule has 3 heteroatoms. The van der Waals surface area contributed by atoms with Gasteiger partial charge in [0, 0.05) is 4.47 Å². The van der Waals surface area contributed by atoms with Gasteiger partial charge in [0.25, 0.3) is 0 Å². The molecule has 1 N–H and O–H groups in total. The zero-order valence-corrected chi connectivity index (χ0v) is 11.3. The van der Waals surface area contributed by atoms with Crippen molar-refractivity contribution in [3.05, 3.63) is 34.3 Å². The summed E-state index contributed by atoms with van der Waals surface area (Å²) in [5, 5.41) is 9.34. The zero-order valence-electron chi connectivity index (χ0n) is 9.73. The highest BCUT2D eigenvalue weighted by Crippen LogP contribution is 2.34. The molecule has 92 valence electrons. The molecule has 0 aliphatic heterocycles. The first-order chi connectivity index (χ1) is 8.16. The molecule has 0 amide bonds. The summed E-state index contributed by atoms with van der Waals surface area (Å²) in [6.45, 7) is 0. The Kier molecular flexibility index (Phi) is 4.21. The molecule has 2 nitrogen and oxygen atoms in total. The maximum absolute atomic E-state index is 11.4. The van der Waals surface area contributed by atoms with Crippen LogP contribution >= 0.6 is 15.9 Å². The first-order valence-corrected chi connectivity index (χ1v) is 6.94. The molecule has 17 heavy (non-hydrogen) atoms. The molecule has 1 aromatic rings. The van der Waals surface area contributed by atoms with Gasteiger partial charge in [-0.1, -0.05) is 53.7 Å². The fourth-order valence-electron chi connectivity index (χ4n) is 2.65. The molecule has 1 saturated carbocycles. The van der Waals surface area contributed by atoms with Crippen LogP contribution in [-0.4, -0.2) is 11.1 Å². The van der Waals surface area contributed by atoms with Crippen molar-refractivity contribution in [1.29, 1.82) is 0 Å². The fourth-order valence-corrected chi connectivity index (χ4v) is 2.92. The van der Waals surface area contributed by atoms with Gasteiger partial charge in [-0.2, -0.15) is 0 Å². The molecule has 0 heterocycles. The highest BCUT2D eigenvalue weighted by Gasteiger charge is 2.26. The maximum Gasteiger partial charge on any atom is 0.310 e. The van der Waals surface area contributed by atoms with Gasteiger partial charge in [0.2, 0.25) is 0 Å². The first kappa shape index (κ1) is 12.6. The van der Waals surface area contributed by atoms with E-state index in [0.717, 1.165) is 16.5 Å². The highest BCUT2D eigenvalue weighted by atomic mass is 79.9. The molecule has 0 spiro atoms. The van der Waals surface area contributed by atoms with E-state index in [1.807, 2.05) is 24.3 Å². The molecule has 0 saturated heterocycles. The Bertz CT molecular complexity index is 380. The van der Waals surface area contributed by atoms with Crippen molar-refractivity contribution in [2.45, 2.75) is 38.0 Å². The summed E-state index contributed by atoms with van der Waals surface area (Å²) in [6, 6.07) is 7.66. The van der Waals surface area contributed by atoms with E-state index in [4.69, 9.17) is 0 Å². The van der Waals surface area contributed by atoms with E-state index in [2.05, 4.69) is 15.9 Å². The predicted octanol–water partition coefficient (Wildman–Crippen LogP) is 4.20. The third-order valence-corrected chi connectivity index (χ3v) is 4.14. The van der Waals surface area contributed by atoms with E-state index in [9.17, 15) is 9.90 Å². The minimum atomic E-state index is -0.695. The average Bonchev–Trinajstić information content (AvgIpc) is 2.80. The van der Waals surface area contributed by atoms with E-state index in [0.29, 0.717) is 5.92 Å². The maximum atomic E-state index is 11.4. The van der Waals surface area contributed by atoms with Crippen molar-refractivity contribution in [3.63, 3.8) is 0 Å². The molecule has 0 radical (unpaired) electrons. The number of carboxylic acid groups (broad SMARTS) is 1.